The predicted molar refractivity (Wildman–Crippen MR) is 153 cm³/mol. The Bertz CT molecular complexity index is 774. The van der Waals surface area contributed by atoms with E-state index in [0.717, 1.165) is 29.9 Å². The van der Waals surface area contributed by atoms with Gasteiger partial charge in [-0.05, 0) is 31.2 Å². The molecule has 0 aliphatic carbocycles. The van der Waals surface area contributed by atoms with Crippen molar-refractivity contribution < 1.29 is 29.1 Å². The Morgan fingerprint density at radius 2 is 1.38 bits per heavy atom. The quantitative estimate of drug-likeness (QED) is 0.0642. The normalized spacial score (nSPS) is 11.6. The minimum Gasteiger partial charge on any atom is -0.467 e. The lowest BCUT2D eigenvalue weighted by Crippen LogP contribution is -2.41. The minimum atomic E-state index is -0.855. The van der Waals surface area contributed by atoms with E-state index in [1.807, 2.05) is 30.3 Å². The Labute approximate surface area is 235 Å². The van der Waals surface area contributed by atoms with E-state index >= 15 is 0 Å². The molecule has 39 heavy (non-hydrogen) atoms. The second-order valence-electron chi connectivity index (χ2n) is 10.3. The zero-order valence-electron chi connectivity index (χ0n) is 24.3. The lowest BCUT2D eigenvalue weighted by Gasteiger charge is -2.18. The van der Waals surface area contributed by atoms with Gasteiger partial charge in [0, 0.05) is 13.0 Å². The van der Waals surface area contributed by atoms with Gasteiger partial charge in [0.2, 0.25) is 5.91 Å². The lowest BCUT2D eigenvalue weighted by molar-refractivity contribution is -0.165. The van der Waals surface area contributed by atoms with Gasteiger partial charge in [-0.3, -0.25) is 10.0 Å². The third-order valence-corrected chi connectivity index (χ3v) is 6.89. The van der Waals surface area contributed by atoms with E-state index in [4.69, 9.17) is 9.47 Å². The number of amides is 2. The van der Waals surface area contributed by atoms with Crippen LogP contribution in [0, 0.1) is 0 Å². The molecule has 2 N–H and O–H groups in total. The number of nitrogens with one attached hydrogen (secondary N) is 1. The topological polar surface area (TPSA) is 105 Å². The maximum absolute atomic E-state index is 12.2. The molecule has 0 aliphatic heterocycles. The standard InChI is InChI=1S/C31H52N2O6/c1-3-4-5-6-7-8-9-10-11-12-13-14-18-24-29(34)33(37)25-20-19-23-28(30(35)38-2)32-31(36)39-26-27-21-16-15-17-22-27/h15-17,21-22,28,37H,3-14,18-20,23-26H2,1-2H3,(H,32,36)/t28-/m0/s1. The third kappa shape index (κ3) is 18.3. The molecule has 8 heteroatoms. The van der Waals surface area contributed by atoms with E-state index in [2.05, 4.69) is 12.2 Å². The maximum atomic E-state index is 12.2. The molecule has 0 saturated carbocycles. The molecule has 0 radical (unpaired) electrons. The summed E-state index contributed by atoms with van der Waals surface area (Å²) in [7, 11) is 1.26. The molecule has 8 nitrogen and oxygen atoms in total. The first-order chi connectivity index (χ1) is 19.0. The fraction of sp³-hybridized carbons (Fsp3) is 0.710. The highest BCUT2D eigenvalue weighted by Gasteiger charge is 2.22. The summed E-state index contributed by atoms with van der Waals surface area (Å²) in [5.41, 5.74) is 0.841. The van der Waals surface area contributed by atoms with Gasteiger partial charge >= 0.3 is 12.1 Å². The SMILES string of the molecule is CCCCCCCCCCCCCCCC(=O)N(O)CCCC[C@H](NC(=O)OCc1ccccc1)C(=O)OC. The van der Waals surface area contributed by atoms with Crippen LogP contribution in [-0.2, 0) is 25.7 Å². The van der Waals surface area contributed by atoms with Crippen LogP contribution < -0.4 is 5.32 Å². The highest BCUT2D eigenvalue weighted by Crippen LogP contribution is 2.13. The van der Waals surface area contributed by atoms with Crippen molar-refractivity contribution in [1.82, 2.24) is 10.4 Å². The molecule has 0 unspecified atom stereocenters. The third-order valence-electron chi connectivity index (χ3n) is 6.89. The summed E-state index contributed by atoms with van der Waals surface area (Å²) in [6.07, 6.45) is 17.1. The smallest absolute Gasteiger partial charge is 0.408 e. The van der Waals surface area contributed by atoms with Crippen molar-refractivity contribution in [2.45, 2.75) is 129 Å². The molecule has 0 aliphatic rings. The fourth-order valence-electron chi connectivity index (χ4n) is 4.46. The summed E-state index contributed by atoms with van der Waals surface area (Å²) in [5, 5.41) is 13.4. The molecule has 0 fully saturated rings. The van der Waals surface area contributed by atoms with Crippen LogP contribution in [0.15, 0.2) is 30.3 Å². The molecule has 1 aromatic rings. The molecule has 0 saturated heterocycles. The molecule has 0 spiro atoms. The number of unbranched alkanes of at least 4 members (excludes halogenated alkanes) is 13. The predicted octanol–water partition coefficient (Wildman–Crippen LogP) is 7.32. The van der Waals surface area contributed by atoms with Crippen molar-refractivity contribution in [3.8, 4) is 0 Å². The summed E-state index contributed by atoms with van der Waals surface area (Å²) in [4.78, 5) is 36.4. The van der Waals surface area contributed by atoms with Gasteiger partial charge in [-0.2, -0.15) is 0 Å². The molecule has 1 aromatic carbocycles. The molecular formula is C31H52N2O6. The first-order valence-corrected chi connectivity index (χ1v) is 15.0. The van der Waals surface area contributed by atoms with Gasteiger partial charge in [-0.15, -0.1) is 0 Å². The van der Waals surface area contributed by atoms with E-state index in [9.17, 15) is 19.6 Å². The molecule has 2 amide bonds. The number of hydroxylamine groups is 2. The molecule has 0 aromatic heterocycles. The first kappa shape index (κ1) is 34.4. The average molecular weight is 549 g/mol. The highest BCUT2D eigenvalue weighted by molar-refractivity contribution is 5.81. The van der Waals surface area contributed by atoms with E-state index in [0.29, 0.717) is 25.7 Å². The van der Waals surface area contributed by atoms with Gasteiger partial charge in [-0.25, -0.2) is 14.7 Å². The largest absolute Gasteiger partial charge is 0.467 e. The van der Waals surface area contributed by atoms with Crippen LogP contribution in [0.3, 0.4) is 0 Å². The van der Waals surface area contributed by atoms with E-state index in [-0.39, 0.29) is 19.1 Å². The Hall–Kier alpha value is -2.61. The van der Waals surface area contributed by atoms with Crippen molar-refractivity contribution in [2.75, 3.05) is 13.7 Å². The molecule has 222 valence electrons. The van der Waals surface area contributed by atoms with Crippen LogP contribution in [0.25, 0.3) is 0 Å². The van der Waals surface area contributed by atoms with Gasteiger partial charge < -0.3 is 14.8 Å². The zero-order chi connectivity index (χ0) is 28.6. The van der Waals surface area contributed by atoms with Gasteiger partial charge in [0.05, 0.1) is 7.11 Å². The van der Waals surface area contributed by atoms with Gasteiger partial charge in [-0.1, -0.05) is 114 Å². The lowest BCUT2D eigenvalue weighted by atomic mass is 10.0. The van der Waals surface area contributed by atoms with Crippen molar-refractivity contribution in [3.05, 3.63) is 35.9 Å². The summed E-state index contributed by atoms with van der Waals surface area (Å²) in [6, 6.07) is 8.40. The van der Waals surface area contributed by atoms with E-state index in [1.165, 1.54) is 71.3 Å². The van der Waals surface area contributed by atoms with Crippen molar-refractivity contribution >= 4 is 18.0 Å². The Balaban J connectivity index is 2.09. The second-order valence-corrected chi connectivity index (χ2v) is 10.3. The van der Waals surface area contributed by atoms with E-state index < -0.39 is 18.1 Å². The maximum Gasteiger partial charge on any atom is 0.408 e. The van der Waals surface area contributed by atoms with Crippen LogP contribution in [0.4, 0.5) is 4.79 Å². The number of rotatable bonds is 23. The van der Waals surface area contributed by atoms with Gasteiger partial charge in [0.1, 0.15) is 12.6 Å². The van der Waals surface area contributed by atoms with Crippen LogP contribution in [-0.4, -0.2) is 47.9 Å². The highest BCUT2D eigenvalue weighted by atomic mass is 16.6. The fourth-order valence-corrected chi connectivity index (χ4v) is 4.46. The number of benzene rings is 1. The number of alkyl carbamates (subject to hydrolysis) is 1. The zero-order valence-corrected chi connectivity index (χ0v) is 24.3. The first-order valence-electron chi connectivity index (χ1n) is 15.0. The van der Waals surface area contributed by atoms with Crippen LogP contribution in [0.2, 0.25) is 0 Å². The van der Waals surface area contributed by atoms with Crippen LogP contribution in [0.5, 0.6) is 0 Å². The molecule has 0 heterocycles. The molecule has 1 atom stereocenters. The molecule has 0 bridgehead atoms. The van der Waals surface area contributed by atoms with Crippen molar-refractivity contribution in [2.24, 2.45) is 0 Å². The molecular weight excluding hydrogens is 496 g/mol. The number of carbonyl (C=O) groups is 3. The number of hydrogen-bond acceptors (Lipinski definition) is 6. The monoisotopic (exact) mass is 548 g/mol. The summed E-state index contributed by atoms with van der Waals surface area (Å²) < 4.78 is 9.96. The summed E-state index contributed by atoms with van der Waals surface area (Å²) >= 11 is 0. The van der Waals surface area contributed by atoms with Gasteiger partial charge in [0.15, 0.2) is 0 Å². The van der Waals surface area contributed by atoms with Crippen molar-refractivity contribution in [1.29, 1.82) is 0 Å². The Kier molecular flexibility index (Phi) is 20.6. The Morgan fingerprint density at radius 1 is 0.821 bits per heavy atom. The minimum absolute atomic E-state index is 0.0986. The number of hydrogen-bond donors (Lipinski definition) is 2. The number of esters is 1. The number of methoxy groups -OCH3 is 1. The van der Waals surface area contributed by atoms with Crippen molar-refractivity contribution in [3.63, 3.8) is 0 Å². The van der Waals surface area contributed by atoms with E-state index in [1.54, 1.807) is 0 Å². The van der Waals surface area contributed by atoms with Crippen LogP contribution >= 0.6 is 0 Å². The van der Waals surface area contributed by atoms with Crippen LogP contribution in [0.1, 0.15) is 122 Å². The number of ether oxygens (including phenoxy) is 2. The number of nitrogens with zero attached hydrogens (tertiary/aromatic N) is 1. The molecule has 1 rings (SSSR count). The summed E-state index contributed by atoms with van der Waals surface area (Å²) in [5.74, 6) is -0.837. The summed E-state index contributed by atoms with van der Waals surface area (Å²) in [6.45, 7) is 2.53. The van der Waals surface area contributed by atoms with Gasteiger partial charge in [0.25, 0.3) is 0 Å². The number of carbonyl (C=O) groups excluding carboxylic acids is 3. The Morgan fingerprint density at radius 3 is 1.95 bits per heavy atom. The average Bonchev–Trinajstić information content (AvgIpc) is 2.95. The second kappa shape index (κ2) is 23.3.